The molecule has 2 heterocycles. The molecule has 15 nitrogen and oxygen atoms in total. The van der Waals surface area contributed by atoms with Gasteiger partial charge in [0.1, 0.15) is 35.4 Å². The number of benzene rings is 1. The van der Waals surface area contributed by atoms with E-state index in [9.17, 15) is 37.5 Å². The maximum Gasteiger partial charge on any atom is 0.490 e. The van der Waals surface area contributed by atoms with Crippen LogP contribution in [0.1, 0.15) is 59.1 Å². The van der Waals surface area contributed by atoms with Gasteiger partial charge in [-0.25, -0.2) is 14.2 Å². The van der Waals surface area contributed by atoms with Crippen molar-refractivity contribution in [3.8, 4) is 5.75 Å². The van der Waals surface area contributed by atoms with Gasteiger partial charge in [0.15, 0.2) is 6.23 Å². The molecule has 0 saturated carbocycles. The summed E-state index contributed by atoms with van der Waals surface area (Å²) in [5.74, 6) is -3.21. The minimum Gasteiger partial charge on any atom is -0.475 e. The number of carboxylic acid groups (broad SMARTS) is 1. The molecule has 1 aromatic heterocycles. The number of carboxylic acids is 1. The summed E-state index contributed by atoms with van der Waals surface area (Å²) in [5, 5.41) is 31.4. The minimum absolute atomic E-state index is 0.0199. The number of carbonyl (C=O) groups excluding carboxylic acids is 1. The number of rotatable bonds is 15. The van der Waals surface area contributed by atoms with Gasteiger partial charge in [0, 0.05) is 6.20 Å². The first-order valence-electron chi connectivity index (χ1n) is 14.6. The van der Waals surface area contributed by atoms with Gasteiger partial charge in [-0.05, 0) is 38.5 Å². The Morgan fingerprint density at radius 1 is 1.19 bits per heavy atom. The third-order valence-electron chi connectivity index (χ3n) is 6.68. The topological polar surface area (TPSA) is 222 Å². The van der Waals surface area contributed by atoms with Crippen molar-refractivity contribution < 1.29 is 61.2 Å². The van der Waals surface area contributed by atoms with Crippen LogP contribution in [0.15, 0.2) is 47.4 Å². The van der Waals surface area contributed by atoms with Crippen molar-refractivity contribution in [2.24, 2.45) is 0 Å². The highest BCUT2D eigenvalue weighted by atomic mass is 31.2. The van der Waals surface area contributed by atoms with Crippen LogP contribution in [-0.4, -0.2) is 80.1 Å². The molecular formula is C28H40F3N4O11P. The summed E-state index contributed by atoms with van der Waals surface area (Å²) in [5.41, 5.74) is 2.80. The molecule has 6 atom stereocenters. The second-order valence-corrected chi connectivity index (χ2v) is 12.4. The number of nitrogen functional groups attached to an aromatic ring is 1. The van der Waals surface area contributed by atoms with E-state index in [1.54, 1.807) is 30.3 Å². The summed E-state index contributed by atoms with van der Waals surface area (Å²) < 4.78 is 68.8. The maximum absolute atomic E-state index is 13.8. The standard InChI is InChI=1S/C26H39N4O9P.C2HF3O2/c1-4-5-6-7-11-16-36-23(32)18(2)29-40(35,39-19-12-9-8-10-13-19)37-17-20-22(31)26(3,34)24(38-20)30-15-14-21(27)28-25(30)33;3-2(4,5)1(6)7/h8-10,12-15,18,20,22,24,31,34H,4-7,11,16-17H2,1-3H3,(H,29,35)(H2,27,28,33);(H,6,7)/t18-,20+,22+,24+,26+,40?;/m0./s1. The minimum atomic E-state index is -5.08. The summed E-state index contributed by atoms with van der Waals surface area (Å²) in [6.07, 6.45) is -2.99. The van der Waals surface area contributed by atoms with Gasteiger partial charge in [-0.15, -0.1) is 0 Å². The quantitative estimate of drug-likeness (QED) is 0.103. The molecule has 3 rings (SSSR count). The summed E-state index contributed by atoms with van der Waals surface area (Å²) in [4.78, 5) is 37.4. The van der Waals surface area contributed by atoms with E-state index in [2.05, 4.69) is 17.0 Å². The second-order valence-electron chi connectivity index (χ2n) is 10.7. The number of ether oxygens (including phenoxy) is 2. The van der Waals surface area contributed by atoms with Gasteiger partial charge in [0.2, 0.25) is 0 Å². The number of nitrogens with one attached hydrogen (secondary N) is 1. The van der Waals surface area contributed by atoms with E-state index < -0.39 is 68.2 Å². The van der Waals surface area contributed by atoms with Crippen LogP contribution in [0.3, 0.4) is 0 Å². The molecule has 6 N–H and O–H groups in total. The molecule has 0 amide bonds. The lowest BCUT2D eigenvalue weighted by molar-refractivity contribution is -0.192. The van der Waals surface area contributed by atoms with Crippen LogP contribution < -0.4 is 21.0 Å². The number of nitrogens with zero attached hydrogens (tertiary/aromatic N) is 2. The third kappa shape index (κ3) is 12.2. The van der Waals surface area contributed by atoms with Crippen LogP contribution >= 0.6 is 7.75 Å². The highest BCUT2D eigenvalue weighted by Gasteiger charge is 2.54. The lowest BCUT2D eigenvalue weighted by Gasteiger charge is -2.27. The van der Waals surface area contributed by atoms with Crippen molar-refractivity contribution in [2.45, 2.75) is 89.1 Å². The average molecular weight is 697 g/mol. The molecule has 0 aliphatic carbocycles. The van der Waals surface area contributed by atoms with Gasteiger partial charge in [0.25, 0.3) is 0 Å². The second kappa shape index (κ2) is 17.6. The van der Waals surface area contributed by atoms with Crippen molar-refractivity contribution in [1.29, 1.82) is 0 Å². The predicted octanol–water partition coefficient (Wildman–Crippen LogP) is 3.16. The molecule has 1 fully saturated rings. The first-order chi connectivity index (χ1) is 21.9. The lowest BCUT2D eigenvalue weighted by Crippen LogP contribution is -2.46. The third-order valence-corrected chi connectivity index (χ3v) is 8.32. The number of hydrogen-bond donors (Lipinski definition) is 5. The van der Waals surface area contributed by atoms with E-state index in [0.29, 0.717) is 0 Å². The number of para-hydroxylation sites is 1. The molecule has 0 radical (unpaired) electrons. The number of esters is 1. The van der Waals surface area contributed by atoms with Crippen LogP contribution in [0.25, 0.3) is 0 Å². The number of alkyl halides is 3. The van der Waals surface area contributed by atoms with Crippen molar-refractivity contribution in [3.63, 3.8) is 0 Å². The summed E-state index contributed by atoms with van der Waals surface area (Å²) >= 11 is 0. The number of nitrogens with two attached hydrogens (primary N) is 1. The molecule has 0 spiro atoms. The molecule has 19 heteroatoms. The number of aliphatic carboxylic acids is 1. The molecule has 0 bridgehead atoms. The number of aromatic nitrogens is 2. The first-order valence-corrected chi connectivity index (χ1v) is 16.1. The lowest BCUT2D eigenvalue weighted by atomic mass is 9.96. The Bertz CT molecular complexity index is 1410. The number of halogens is 3. The Kier molecular flexibility index (Phi) is 14.8. The summed E-state index contributed by atoms with van der Waals surface area (Å²) in [7, 11) is -4.25. The van der Waals surface area contributed by atoms with Gasteiger partial charge in [-0.3, -0.25) is 13.9 Å². The summed E-state index contributed by atoms with van der Waals surface area (Å²) in [6.45, 7) is 4.57. The van der Waals surface area contributed by atoms with E-state index in [-0.39, 0.29) is 18.2 Å². The fraction of sp³-hybridized carbons (Fsp3) is 0.571. The molecular weight excluding hydrogens is 656 g/mol. The zero-order valence-electron chi connectivity index (χ0n) is 26.0. The fourth-order valence-electron chi connectivity index (χ4n) is 4.16. The van der Waals surface area contributed by atoms with E-state index in [0.717, 1.165) is 36.7 Å². The molecule has 264 valence electrons. The predicted molar refractivity (Wildman–Crippen MR) is 160 cm³/mol. The number of carbonyl (C=O) groups is 2. The Hall–Kier alpha value is -3.54. The zero-order valence-corrected chi connectivity index (χ0v) is 26.9. The normalized spacial score (nSPS) is 22.8. The van der Waals surface area contributed by atoms with Crippen LogP contribution in [-0.2, 0) is 28.2 Å². The smallest absolute Gasteiger partial charge is 0.475 e. The van der Waals surface area contributed by atoms with E-state index >= 15 is 0 Å². The van der Waals surface area contributed by atoms with Crippen LogP contribution in [0.5, 0.6) is 5.75 Å². The van der Waals surface area contributed by atoms with Gasteiger partial charge >= 0.3 is 31.6 Å². The Morgan fingerprint density at radius 3 is 2.38 bits per heavy atom. The largest absolute Gasteiger partial charge is 0.490 e. The Balaban J connectivity index is 0.000000984. The van der Waals surface area contributed by atoms with Gasteiger partial charge in [-0.2, -0.15) is 23.2 Å². The van der Waals surface area contributed by atoms with Gasteiger partial charge < -0.3 is 35.1 Å². The zero-order chi connectivity index (χ0) is 35.4. The molecule has 1 aliphatic rings. The monoisotopic (exact) mass is 696 g/mol. The van der Waals surface area contributed by atoms with E-state index in [4.69, 9.17) is 34.2 Å². The Labute approximate surface area is 268 Å². The van der Waals surface area contributed by atoms with Crippen LogP contribution in [0.2, 0.25) is 0 Å². The number of aliphatic hydroxyl groups excluding tert-OH is 1. The number of anilines is 1. The van der Waals surface area contributed by atoms with Crippen molar-refractivity contribution >= 4 is 25.5 Å². The highest BCUT2D eigenvalue weighted by Crippen LogP contribution is 2.47. The van der Waals surface area contributed by atoms with E-state index in [1.165, 1.54) is 26.1 Å². The van der Waals surface area contributed by atoms with Crippen LogP contribution in [0, 0.1) is 0 Å². The highest BCUT2D eigenvalue weighted by molar-refractivity contribution is 7.52. The number of unbranched alkanes of at least 4 members (excludes halogenated alkanes) is 4. The number of aliphatic hydroxyl groups is 2. The molecule has 1 unspecified atom stereocenters. The molecule has 2 aromatic rings. The number of hydrogen-bond acceptors (Lipinski definition) is 12. The van der Waals surface area contributed by atoms with E-state index in [1.807, 2.05) is 0 Å². The Morgan fingerprint density at radius 2 is 1.81 bits per heavy atom. The maximum atomic E-state index is 13.8. The van der Waals surface area contributed by atoms with Gasteiger partial charge in [0.05, 0.1) is 13.2 Å². The van der Waals surface area contributed by atoms with Gasteiger partial charge in [-0.1, -0.05) is 50.8 Å². The average Bonchev–Trinajstić information content (AvgIpc) is 3.21. The molecule has 1 aromatic carbocycles. The molecule has 1 saturated heterocycles. The van der Waals surface area contributed by atoms with Crippen molar-refractivity contribution in [3.05, 3.63) is 53.1 Å². The van der Waals surface area contributed by atoms with Crippen LogP contribution in [0.4, 0.5) is 19.0 Å². The van der Waals surface area contributed by atoms with Crippen molar-refractivity contribution in [1.82, 2.24) is 14.6 Å². The SMILES string of the molecule is CCCCCCCOC(=O)[C@H](C)NP(=O)(OC[C@H]1O[C@@H](n2ccc(N)nc2=O)[C@](C)(O)[C@@H]1O)Oc1ccccc1.O=C(O)C(F)(F)F. The summed E-state index contributed by atoms with van der Waals surface area (Å²) in [6, 6.07) is 8.47. The fourth-order valence-corrected chi connectivity index (χ4v) is 5.66. The first kappa shape index (κ1) is 39.6. The van der Waals surface area contributed by atoms with Crippen molar-refractivity contribution in [2.75, 3.05) is 18.9 Å². The molecule has 47 heavy (non-hydrogen) atoms. The molecule has 1 aliphatic heterocycles.